The molecule has 0 aliphatic heterocycles. The van der Waals surface area contributed by atoms with Crippen LogP contribution in [0, 0.1) is 13.8 Å². The Bertz CT molecular complexity index is 1110. The highest BCUT2D eigenvalue weighted by Gasteiger charge is 2.16. The van der Waals surface area contributed by atoms with E-state index in [4.69, 9.17) is 0 Å². The fourth-order valence-corrected chi connectivity index (χ4v) is 4.25. The van der Waals surface area contributed by atoms with E-state index in [1.807, 2.05) is 13.8 Å². The van der Waals surface area contributed by atoms with E-state index in [9.17, 15) is 13.2 Å². The van der Waals surface area contributed by atoms with Crippen LogP contribution in [0.1, 0.15) is 23.4 Å². The monoisotopic (exact) mass is 476 g/mol. The molecule has 0 saturated carbocycles. The summed E-state index contributed by atoms with van der Waals surface area (Å²) in [6.07, 6.45) is 0.832. The number of H-pyrrole nitrogens is 1. The quantitative estimate of drug-likeness (QED) is 0.475. The fraction of sp³-hybridized carbons (Fsp3) is 0.200. The maximum atomic E-state index is 12.6. The molecule has 7 nitrogen and oxygen atoms in total. The third-order valence-electron chi connectivity index (χ3n) is 4.41. The van der Waals surface area contributed by atoms with Gasteiger partial charge in [-0.1, -0.05) is 22.0 Å². The minimum atomic E-state index is -3.77. The predicted octanol–water partition coefficient (Wildman–Crippen LogP) is 4.16. The Kier molecular flexibility index (Phi) is 6.39. The van der Waals surface area contributed by atoms with E-state index in [1.54, 1.807) is 36.4 Å². The van der Waals surface area contributed by atoms with Gasteiger partial charge in [-0.2, -0.15) is 5.10 Å². The van der Waals surface area contributed by atoms with Gasteiger partial charge in [0.2, 0.25) is 5.91 Å². The van der Waals surface area contributed by atoms with Gasteiger partial charge < -0.3 is 5.32 Å². The molecular weight excluding hydrogens is 456 g/mol. The normalized spacial score (nSPS) is 11.3. The second kappa shape index (κ2) is 8.79. The molecule has 0 spiro atoms. The Morgan fingerprint density at radius 2 is 1.83 bits per heavy atom. The van der Waals surface area contributed by atoms with Crippen LogP contribution in [-0.4, -0.2) is 24.5 Å². The van der Waals surface area contributed by atoms with Gasteiger partial charge >= 0.3 is 0 Å². The molecule has 0 fully saturated rings. The first kappa shape index (κ1) is 21.1. The van der Waals surface area contributed by atoms with Crippen molar-refractivity contribution in [3.05, 3.63) is 70.0 Å². The Balaban J connectivity index is 1.66. The van der Waals surface area contributed by atoms with Gasteiger partial charge in [0.1, 0.15) is 0 Å². The highest BCUT2D eigenvalue weighted by atomic mass is 79.9. The van der Waals surface area contributed by atoms with Gasteiger partial charge in [0.25, 0.3) is 10.0 Å². The number of nitrogens with zero attached hydrogens (tertiary/aromatic N) is 1. The number of aromatic amines is 1. The molecular formula is C20H21BrN4O3S. The summed E-state index contributed by atoms with van der Waals surface area (Å²) in [5, 5.41) is 9.78. The average molecular weight is 477 g/mol. The number of amides is 1. The minimum absolute atomic E-state index is 0.0692. The topological polar surface area (TPSA) is 104 Å². The molecule has 0 unspecified atom stereocenters. The van der Waals surface area contributed by atoms with Crippen LogP contribution in [0.15, 0.2) is 57.9 Å². The summed E-state index contributed by atoms with van der Waals surface area (Å²) in [5.74, 6) is -0.194. The molecule has 0 bridgehead atoms. The van der Waals surface area contributed by atoms with Crippen molar-refractivity contribution < 1.29 is 13.2 Å². The molecule has 1 amide bonds. The molecule has 3 aromatic rings. The number of halogens is 1. The summed E-state index contributed by atoms with van der Waals surface area (Å²) >= 11 is 3.31. The zero-order chi connectivity index (χ0) is 21.0. The summed E-state index contributed by atoms with van der Waals surface area (Å²) in [7, 11) is -3.77. The lowest BCUT2D eigenvalue weighted by Crippen LogP contribution is -2.15. The Hall–Kier alpha value is -2.65. The predicted molar refractivity (Wildman–Crippen MR) is 116 cm³/mol. The molecule has 1 heterocycles. The van der Waals surface area contributed by atoms with Crippen molar-refractivity contribution in [1.82, 2.24) is 10.2 Å². The lowest BCUT2D eigenvalue weighted by molar-refractivity contribution is -0.116. The molecule has 0 radical (unpaired) electrons. The van der Waals surface area contributed by atoms with E-state index in [1.165, 1.54) is 12.1 Å². The molecule has 0 saturated heterocycles. The van der Waals surface area contributed by atoms with Gasteiger partial charge in [0.15, 0.2) is 0 Å². The van der Waals surface area contributed by atoms with Crippen LogP contribution < -0.4 is 10.0 Å². The standard InChI is InChI=1S/C20H21BrN4O3S/c1-13-19(14(2)24-23-13)10-11-20(26)22-17-4-3-5-18(12-17)29(27,28)25-16-8-6-15(21)7-9-16/h3-9,12,25H,10-11H2,1-2H3,(H,22,26)(H,23,24). The third kappa shape index (κ3) is 5.45. The highest BCUT2D eigenvalue weighted by molar-refractivity contribution is 9.10. The van der Waals surface area contributed by atoms with Crippen molar-refractivity contribution in [3.63, 3.8) is 0 Å². The highest BCUT2D eigenvalue weighted by Crippen LogP contribution is 2.21. The number of carbonyl (C=O) groups excluding carboxylic acids is 1. The molecule has 3 rings (SSSR count). The van der Waals surface area contributed by atoms with Crippen LogP contribution in [-0.2, 0) is 21.2 Å². The first-order chi connectivity index (χ1) is 13.7. The number of hydrogen-bond donors (Lipinski definition) is 3. The average Bonchev–Trinajstić information content (AvgIpc) is 3.00. The van der Waals surface area contributed by atoms with Crippen molar-refractivity contribution in [2.75, 3.05) is 10.0 Å². The lowest BCUT2D eigenvalue weighted by atomic mass is 10.1. The molecule has 2 aromatic carbocycles. The van der Waals surface area contributed by atoms with Crippen molar-refractivity contribution in [2.24, 2.45) is 0 Å². The van der Waals surface area contributed by atoms with Crippen LogP contribution in [0.2, 0.25) is 0 Å². The van der Waals surface area contributed by atoms with Gasteiger partial charge in [-0.3, -0.25) is 14.6 Å². The van der Waals surface area contributed by atoms with Crippen molar-refractivity contribution in [2.45, 2.75) is 31.6 Å². The van der Waals surface area contributed by atoms with E-state index in [2.05, 4.69) is 36.2 Å². The number of sulfonamides is 1. The van der Waals surface area contributed by atoms with Crippen LogP contribution in [0.5, 0.6) is 0 Å². The largest absolute Gasteiger partial charge is 0.326 e. The van der Waals surface area contributed by atoms with E-state index >= 15 is 0 Å². The maximum absolute atomic E-state index is 12.6. The lowest BCUT2D eigenvalue weighted by Gasteiger charge is -2.10. The van der Waals surface area contributed by atoms with Crippen LogP contribution >= 0.6 is 15.9 Å². The summed E-state index contributed by atoms with van der Waals surface area (Å²) in [6, 6.07) is 13.0. The Morgan fingerprint density at radius 1 is 1.10 bits per heavy atom. The van der Waals surface area contributed by atoms with Crippen molar-refractivity contribution >= 4 is 43.2 Å². The number of anilines is 2. The van der Waals surface area contributed by atoms with Crippen LogP contribution in [0.4, 0.5) is 11.4 Å². The third-order valence-corrected chi connectivity index (χ3v) is 6.31. The second-order valence-corrected chi connectivity index (χ2v) is 9.20. The van der Waals surface area contributed by atoms with Gasteiger partial charge in [-0.15, -0.1) is 0 Å². The van der Waals surface area contributed by atoms with Crippen molar-refractivity contribution in [1.29, 1.82) is 0 Å². The number of nitrogens with one attached hydrogen (secondary N) is 3. The molecule has 0 aliphatic carbocycles. The number of aryl methyl sites for hydroxylation is 2. The molecule has 152 valence electrons. The van der Waals surface area contributed by atoms with E-state index in [0.717, 1.165) is 21.4 Å². The van der Waals surface area contributed by atoms with E-state index in [0.29, 0.717) is 17.8 Å². The summed E-state index contributed by atoms with van der Waals surface area (Å²) in [4.78, 5) is 12.4. The number of aromatic nitrogens is 2. The summed E-state index contributed by atoms with van der Waals surface area (Å²) < 4.78 is 28.6. The van der Waals surface area contributed by atoms with Gasteiger partial charge in [0.05, 0.1) is 10.6 Å². The zero-order valence-electron chi connectivity index (χ0n) is 16.0. The van der Waals surface area contributed by atoms with E-state index < -0.39 is 10.0 Å². The zero-order valence-corrected chi connectivity index (χ0v) is 18.4. The van der Waals surface area contributed by atoms with E-state index in [-0.39, 0.29) is 17.2 Å². The molecule has 29 heavy (non-hydrogen) atoms. The molecule has 0 aliphatic rings. The van der Waals surface area contributed by atoms with Gasteiger partial charge in [-0.05, 0) is 68.3 Å². The first-order valence-electron chi connectivity index (χ1n) is 8.93. The molecule has 3 N–H and O–H groups in total. The number of carbonyl (C=O) groups is 1. The molecule has 9 heteroatoms. The Labute approximate surface area is 178 Å². The van der Waals surface area contributed by atoms with Crippen LogP contribution in [0.3, 0.4) is 0 Å². The van der Waals surface area contributed by atoms with Crippen LogP contribution in [0.25, 0.3) is 0 Å². The molecule has 1 aromatic heterocycles. The number of benzene rings is 2. The van der Waals surface area contributed by atoms with Gasteiger partial charge in [-0.25, -0.2) is 8.42 Å². The number of hydrogen-bond acceptors (Lipinski definition) is 4. The molecule has 0 atom stereocenters. The second-order valence-electron chi connectivity index (χ2n) is 6.60. The summed E-state index contributed by atoms with van der Waals surface area (Å²) in [5.41, 5.74) is 3.72. The number of rotatable bonds is 7. The van der Waals surface area contributed by atoms with Crippen molar-refractivity contribution in [3.8, 4) is 0 Å². The van der Waals surface area contributed by atoms with Gasteiger partial charge in [0, 0.05) is 28.0 Å². The Morgan fingerprint density at radius 3 is 2.48 bits per heavy atom. The first-order valence-corrected chi connectivity index (χ1v) is 11.2. The smallest absolute Gasteiger partial charge is 0.261 e. The minimum Gasteiger partial charge on any atom is -0.326 e. The SMILES string of the molecule is Cc1n[nH]c(C)c1CCC(=O)Nc1cccc(S(=O)(=O)Nc2ccc(Br)cc2)c1. The maximum Gasteiger partial charge on any atom is 0.261 e. The fourth-order valence-electron chi connectivity index (χ4n) is 2.88. The summed E-state index contributed by atoms with van der Waals surface area (Å²) in [6.45, 7) is 3.81.